The summed E-state index contributed by atoms with van der Waals surface area (Å²) in [7, 11) is 0. The fourth-order valence-corrected chi connectivity index (χ4v) is 0.555. The van der Waals surface area contributed by atoms with E-state index in [9.17, 15) is 0 Å². The van der Waals surface area contributed by atoms with E-state index in [1.54, 1.807) is 0 Å². The largest absolute Gasteiger partial charge is 0.124 e. The third-order valence-electron chi connectivity index (χ3n) is 1.07. The summed E-state index contributed by atoms with van der Waals surface area (Å²) in [6.07, 6.45) is 5.83. The zero-order valence-corrected chi connectivity index (χ0v) is 8.73. The Morgan fingerprint density at radius 2 is 1.67 bits per heavy atom. The fraction of sp³-hybridized carbons (Fsp3) is 0.500. The van der Waals surface area contributed by atoms with E-state index in [4.69, 9.17) is 0 Å². The lowest BCUT2D eigenvalue weighted by molar-refractivity contribution is 0.545. The van der Waals surface area contributed by atoms with E-state index in [-0.39, 0.29) is 5.41 Å². The Hall–Kier alpha value is -0.960. The van der Waals surface area contributed by atoms with Gasteiger partial charge < -0.3 is 0 Å². The van der Waals surface area contributed by atoms with Gasteiger partial charge in [0.1, 0.15) is 0 Å². The van der Waals surface area contributed by atoms with E-state index in [0.29, 0.717) is 0 Å². The van der Waals surface area contributed by atoms with E-state index in [1.165, 1.54) is 5.57 Å². The van der Waals surface area contributed by atoms with Crippen LogP contribution in [0.3, 0.4) is 0 Å². The molecule has 0 unspecified atom stereocenters. The highest BCUT2D eigenvalue weighted by atomic mass is 14.1. The van der Waals surface area contributed by atoms with Crippen molar-refractivity contribution in [1.29, 1.82) is 0 Å². The van der Waals surface area contributed by atoms with Gasteiger partial charge in [-0.15, -0.1) is 11.5 Å². The second-order valence-electron chi connectivity index (χ2n) is 4.15. The molecule has 66 valence electrons. The van der Waals surface area contributed by atoms with Crippen LogP contribution in [-0.4, -0.2) is 0 Å². The minimum Gasteiger partial charge on any atom is -0.124 e. The predicted molar refractivity (Wildman–Crippen MR) is 55.1 cm³/mol. The van der Waals surface area contributed by atoms with Crippen molar-refractivity contribution in [1.82, 2.24) is 0 Å². The van der Waals surface area contributed by atoms with E-state index >= 15 is 0 Å². The lowest BCUT2D eigenvalue weighted by Gasteiger charge is -2.07. The first-order valence-electron chi connectivity index (χ1n) is 4.24. The van der Waals surface area contributed by atoms with Crippen molar-refractivity contribution in [2.24, 2.45) is 5.41 Å². The first kappa shape index (κ1) is 11.0. The van der Waals surface area contributed by atoms with Crippen LogP contribution in [0, 0.1) is 5.41 Å². The molecule has 0 aromatic rings. The fourth-order valence-electron chi connectivity index (χ4n) is 0.555. The van der Waals surface area contributed by atoms with Crippen LogP contribution in [0.15, 0.2) is 35.3 Å². The third-order valence-corrected chi connectivity index (χ3v) is 1.07. The highest BCUT2D eigenvalue weighted by Crippen LogP contribution is 2.12. The minimum absolute atomic E-state index is 0.218. The smallest absolute Gasteiger partial charge is 0.0123 e. The topological polar surface area (TPSA) is 0 Å². The van der Waals surface area contributed by atoms with Gasteiger partial charge in [-0.2, -0.15) is 0 Å². The molecule has 0 radical (unpaired) electrons. The molecular formula is C12H18. The lowest BCUT2D eigenvalue weighted by atomic mass is 9.97. The van der Waals surface area contributed by atoms with E-state index in [1.807, 2.05) is 26.0 Å². The average Bonchev–Trinajstić information content (AvgIpc) is 1.83. The molecule has 0 aliphatic rings. The zero-order chi connectivity index (χ0) is 9.61. The molecule has 0 heterocycles. The van der Waals surface area contributed by atoms with Crippen molar-refractivity contribution in [3.63, 3.8) is 0 Å². The van der Waals surface area contributed by atoms with Gasteiger partial charge in [-0.05, 0) is 43.1 Å². The van der Waals surface area contributed by atoms with Gasteiger partial charge in [0.15, 0.2) is 0 Å². The molecule has 0 atom stereocenters. The molecule has 0 fully saturated rings. The molecule has 0 spiro atoms. The first-order valence-corrected chi connectivity index (χ1v) is 4.24. The highest BCUT2D eigenvalue weighted by Gasteiger charge is 2.01. The van der Waals surface area contributed by atoms with Crippen LogP contribution in [-0.2, 0) is 0 Å². The SMILES string of the molecule is CC(C)=C=CC=C=CC(C)(C)C. The van der Waals surface area contributed by atoms with Crippen LogP contribution >= 0.6 is 0 Å². The molecule has 0 aliphatic carbocycles. The molecule has 0 aliphatic heterocycles. The Kier molecular flexibility index (Phi) is 4.44. The van der Waals surface area contributed by atoms with Crippen molar-refractivity contribution < 1.29 is 0 Å². The number of rotatable bonds is 1. The summed E-state index contributed by atoms with van der Waals surface area (Å²) in [5.41, 5.74) is 7.59. The average molecular weight is 162 g/mol. The first-order chi connectivity index (χ1) is 5.42. The Morgan fingerprint density at radius 3 is 2.08 bits per heavy atom. The standard InChI is InChI=1S/C12H18/c1-11(2)9-7-6-8-10-12(3,4)5/h6-7,10H,1-5H3. The van der Waals surface area contributed by atoms with Crippen LogP contribution in [0.5, 0.6) is 0 Å². The van der Waals surface area contributed by atoms with Crippen molar-refractivity contribution in [2.45, 2.75) is 34.6 Å². The lowest BCUT2D eigenvalue weighted by Crippen LogP contribution is -1.96. The minimum atomic E-state index is 0.218. The van der Waals surface area contributed by atoms with Gasteiger partial charge in [0.2, 0.25) is 0 Å². The maximum absolute atomic E-state index is 3.10. The molecule has 0 aromatic heterocycles. The second kappa shape index (κ2) is 4.83. The summed E-state index contributed by atoms with van der Waals surface area (Å²) in [5, 5.41) is 0. The summed E-state index contributed by atoms with van der Waals surface area (Å²) in [6, 6.07) is 0. The van der Waals surface area contributed by atoms with Gasteiger partial charge in [0, 0.05) is 0 Å². The molecule has 0 saturated heterocycles. The Morgan fingerprint density at radius 1 is 1.08 bits per heavy atom. The third kappa shape index (κ3) is 9.04. The van der Waals surface area contributed by atoms with Crippen molar-refractivity contribution in [3.05, 3.63) is 35.3 Å². The molecule has 12 heavy (non-hydrogen) atoms. The van der Waals surface area contributed by atoms with Crippen LogP contribution in [0.25, 0.3) is 0 Å². The number of hydrogen-bond acceptors (Lipinski definition) is 0. The molecule has 0 rings (SSSR count). The van der Waals surface area contributed by atoms with Crippen molar-refractivity contribution in [2.75, 3.05) is 0 Å². The molecule has 0 saturated carbocycles. The predicted octanol–water partition coefficient (Wildman–Crippen LogP) is 3.87. The Labute approximate surface area is 76.0 Å². The summed E-state index contributed by atoms with van der Waals surface area (Å²) in [4.78, 5) is 0. The van der Waals surface area contributed by atoms with Gasteiger partial charge in [0.05, 0.1) is 0 Å². The van der Waals surface area contributed by atoms with E-state index < -0.39 is 0 Å². The zero-order valence-electron chi connectivity index (χ0n) is 8.73. The summed E-state index contributed by atoms with van der Waals surface area (Å²) >= 11 is 0. The molecular weight excluding hydrogens is 144 g/mol. The van der Waals surface area contributed by atoms with Gasteiger partial charge in [-0.1, -0.05) is 20.8 Å². The molecule has 0 bridgehead atoms. The molecule has 0 amide bonds. The number of hydrogen-bond donors (Lipinski definition) is 0. The molecule has 0 nitrogen and oxygen atoms in total. The van der Waals surface area contributed by atoms with Crippen LogP contribution in [0.2, 0.25) is 0 Å². The van der Waals surface area contributed by atoms with Crippen molar-refractivity contribution in [3.8, 4) is 0 Å². The molecule has 0 N–H and O–H groups in total. The maximum Gasteiger partial charge on any atom is -0.0123 e. The van der Waals surface area contributed by atoms with Crippen LogP contribution in [0.1, 0.15) is 34.6 Å². The summed E-state index contributed by atoms with van der Waals surface area (Å²) < 4.78 is 0. The van der Waals surface area contributed by atoms with E-state index in [2.05, 4.69) is 38.3 Å². The second-order valence-corrected chi connectivity index (χ2v) is 4.15. The Bertz CT molecular complexity index is 242. The van der Waals surface area contributed by atoms with Crippen LogP contribution in [0.4, 0.5) is 0 Å². The molecule has 0 aromatic carbocycles. The van der Waals surface area contributed by atoms with Gasteiger partial charge in [0.25, 0.3) is 0 Å². The van der Waals surface area contributed by atoms with Crippen molar-refractivity contribution >= 4 is 0 Å². The summed E-state index contributed by atoms with van der Waals surface area (Å²) in [6.45, 7) is 10.5. The quantitative estimate of drug-likeness (QED) is 0.405. The summed E-state index contributed by atoms with van der Waals surface area (Å²) in [5.74, 6) is 0. The van der Waals surface area contributed by atoms with Gasteiger partial charge >= 0.3 is 0 Å². The van der Waals surface area contributed by atoms with Crippen LogP contribution < -0.4 is 0 Å². The monoisotopic (exact) mass is 162 g/mol. The Balaban J connectivity index is 4.29. The highest BCUT2D eigenvalue weighted by molar-refractivity contribution is 5.06. The van der Waals surface area contributed by atoms with Gasteiger partial charge in [-0.3, -0.25) is 0 Å². The van der Waals surface area contributed by atoms with Gasteiger partial charge in [-0.25, -0.2) is 0 Å². The number of allylic oxidation sites excluding steroid dienone is 2. The normalized spacial score (nSPS) is 9.42. The maximum atomic E-state index is 3.10. The molecule has 0 heteroatoms. The van der Waals surface area contributed by atoms with E-state index in [0.717, 1.165) is 0 Å².